The van der Waals surface area contributed by atoms with Gasteiger partial charge >= 0.3 is 0 Å². The first-order valence-electron chi connectivity index (χ1n) is 4.45. The van der Waals surface area contributed by atoms with Crippen LogP contribution >= 0.6 is 0 Å². The van der Waals surface area contributed by atoms with Gasteiger partial charge in [-0.15, -0.1) is 0 Å². The summed E-state index contributed by atoms with van der Waals surface area (Å²) in [5, 5.41) is 10.9. The molecule has 0 atom stereocenters. The molecule has 0 bridgehead atoms. The van der Waals surface area contributed by atoms with E-state index in [0.717, 1.165) is 19.4 Å². The molecular formula is C9H17N3O. The van der Waals surface area contributed by atoms with Crippen LogP contribution in [-0.2, 0) is 4.79 Å². The van der Waals surface area contributed by atoms with Gasteiger partial charge in [0.1, 0.15) is 6.42 Å². The van der Waals surface area contributed by atoms with Gasteiger partial charge in [-0.2, -0.15) is 5.26 Å². The molecule has 0 spiro atoms. The van der Waals surface area contributed by atoms with Gasteiger partial charge in [0.05, 0.1) is 6.07 Å². The van der Waals surface area contributed by atoms with Crippen molar-refractivity contribution in [3.63, 3.8) is 0 Å². The molecule has 0 fully saturated rings. The van der Waals surface area contributed by atoms with E-state index in [0.29, 0.717) is 6.54 Å². The van der Waals surface area contributed by atoms with Gasteiger partial charge in [-0.25, -0.2) is 0 Å². The van der Waals surface area contributed by atoms with Gasteiger partial charge in [-0.1, -0.05) is 0 Å². The van der Waals surface area contributed by atoms with Gasteiger partial charge in [-0.05, 0) is 33.5 Å². The summed E-state index contributed by atoms with van der Waals surface area (Å²) < 4.78 is 0. The summed E-state index contributed by atoms with van der Waals surface area (Å²) in [7, 11) is 4.04. The largest absolute Gasteiger partial charge is 0.355 e. The molecule has 1 amide bonds. The zero-order valence-electron chi connectivity index (χ0n) is 8.34. The smallest absolute Gasteiger partial charge is 0.234 e. The second kappa shape index (κ2) is 7.56. The maximum atomic E-state index is 10.8. The average molecular weight is 183 g/mol. The van der Waals surface area contributed by atoms with Crippen molar-refractivity contribution in [1.82, 2.24) is 10.2 Å². The number of unbranched alkanes of at least 4 members (excludes halogenated alkanes) is 1. The van der Waals surface area contributed by atoms with Crippen molar-refractivity contribution in [2.45, 2.75) is 19.3 Å². The summed E-state index contributed by atoms with van der Waals surface area (Å²) in [5.41, 5.74) is 0. The van der Waals surface area contributed by atoms with Crippen LogP contribution in [0.2, 0.25) is 0 Å². The lowest BCUT2D eigenvalue weighted by Gasteiger charge is -2.08. The molecule has 0 rings (SSSR count). The Bertz CT molecular complexity index is 184. The Morgan fingerprint density at radius 1 is 1.46 bits per heavy atom. The Hall–Kier alpha value is -1.08. The van der Waals surface area contributed by atoms with Crippen LogP contribution in [0, 0.1) is 11.3 Å². The normalized spacial score (nSPS) is 9.69. The third kappa shape index (κ3) is 8.83. The van der Waals surface area contributed by atoms with Gasteiger partial charge in [0.2, 0.25) is 5.91 Å². The Kier molecular flexibility index (Phi) is 6.93. The minimum absolute atomic E-state index is 0.0340. The van der Waals surface area contributed by atoms with Crippen molar-refractivity contribution >= 4 is 5.91 Å². The number of amides is 1. The molecule has 1 N–H and O–H groups in total. The average Bonchev–Trinajstić information content (AvgIpc) is 2.03. The molecular weight excluding hydrogens is 166 g/mol. The number of carbonyl (C=O) groups is 1. The predicted molar refractivity (Wildman–Crippen MR) is 51.0 cm³/mol. The summed E-state index contributed by atoms with van der Waals surface area (Å²) in [6, 6.07) is 1.81. The van der Waals surface area contributed by atoms with Crippen LogP contribution in [0.3, 0.4) is 0 Å². The summed E-state index contributed by atoms with van der Waals surface area (Å²) in [6.07, 6.45) is 2.00. The molecule has 74 valence electrons. The van der Waals surface area contributed by atoms with Crippen LogP contribution in [0.1, 0.15) is 19.3 Å². The van der Waals surface area contributed by atoms with E-state index in [-0.39, 0.29) is 12.3 Å². The highest BCUT2D eigenvalue weighted by molar-refractivity contribution is 5.77. The fourth-order valence-electron chi connectivity index (χ4n) is 0.915. The number of nitriles is 1. The van der Waals surface area contributed by atoms with Crippen molar-refractivity contribution in [3.8, 4) is 6.07 Å². The molecule has 0 unspecified atom stereocenters. The van der Waals surface area contributed by atoms with Crippen LogP contribution in [0.15, 0.2) is 0 Å². The monoisotopic (exact) mass is 183 g/mol. The highest BCUT2D eigenvalue weighted by atomic mass is 16.1. The van der Waals surface area contributed by atoms with Crippen LogP contribution in [0.5, 0.6) is 0 Å². The molecule has 0 aromatic rings. The van der Waals surface area contributed by atoms with Crippen LogP contribution in [-0.4, -0.2) is 38.0 Å². The lowest BCUT2D eigenvalue weighted by molar-refractivity contribution is -0.120. The van der Waals surface area contributed by atoms with Gasteiger partial charge in [0.15, 0.2) is 0 Å². The maximum absolute atomic E-state index is 10.8. The third-order valence-corrected chi connectivity index (χ3v) is 1.59. The van der Waals surface area contributed by atoms with Gasteiger partial charge in [-0.3, -0.25) is 4.79 Å². The van der Waals surface area contributed by atoms with Crippen molar-refractivity contribution in [1.29, 1.82) is 5.26 Å². The number of nitrogens with zero attached hydrogens (tertiary/aromatic N) is 2. The SMILES string of the molecule is CN(C)CCCCNC(=O)CC#N. The van der Waals surface area contributed by atoms with Gasteiger partial charge < -0.3 is 10.2 Å². The molecule has 0 aliphatic carbocycles. The predicted octanol–water partition coefficient (Wildman–Crippen LogP) is 0.358. The summed E-state index contributed by atoms with van der Waals surface area (Å²) in [6.45, 7) is 1.71. The maximum Gasteiger partial charge on any atom is 0.234 e. The number of nitrogens with one attached hydrogen (secondary N) is 1. The Balaban J connectivity index is 3.17. The Morgan fingerprint density at radius 3 is 2.69 bits per heavy atom. The zero-order chi connectivity index (χ0) is 10.1. The van der Waals surface area contributed by atoms with Gasteiger partial charge in [0, 0.05) is 6.54 Å². The lowest BCUT2D eigenvalue weighted by atomic mass is 10.3. The van der Waals surface area contributed by atoms with Gasteiger partial charge in [0.25, 0.3) is 0 Å². The zero-order valence-corrected chi connectivity index (χ0v) is 8.34. The molecule has 0 saturated carbocycles. The van der Waals surface area contributed by atoms with Crippen molar-refractivity contribution in [2.75, 3.05) is 27.2 Å². The van der Waals surface area contributed by atoms with E-state index < -0.39 is 0 Å². The second-order valence-corrected chi connectivity index (χ2v) is 3.20. The fourth-order valence-corrected chi connectivity index (χ4v) is 0.915. The number of hydrogen-bond acceptors (Lipinski definition) is 3. The number of hydrogen-bond donors (Lipinski definition) is 1. The molecule has 4 heteroatoms. The fraction of sp³-hybridized carbons (Fsp3) is 0.778. The molecule has 0 radical (unpaired) electrons. The standard InChI is InChI=1S/C9H17N3O/c1-12(2)8-4-3-7-11-9(13)5-6-10/h3-5,7-8H2,1-2H3,(H,11,13). The first kappa shape index (κ1) is 11.9. The van der Waals surface area contributed by atoms with E-state index in [2.05, 4.69) is 10.2 Å². The summed E-state index contributed by atoms with van der Waals surface area (Å²) in [4.78, 5) is 12.9. The Labute approximate surface area is 79.5 Å². The van der Waals surface area contributed by atoms with Crippen LogP contribution < -0.4 is 5.32 Å². The quantitative estimate of drug-likeness (QED) is 0.605. The van der Waals surface area contributed by atoms with E-state index >= 15 is 0 Å². The first-order chi connectivity index (χ1) is 6.16. The first-order valence-corrected chi connectivity index (χ1v) is 4.45. The molecule has 0 aromatic carbocycles. The van der Waals surface area contributed by atoms with E-state index in [9.17, 15) is 4.79 Å². The molecule has 0 heterocycles. The minimum atomic E-state index is -0.174. The molecule has 0 aliphatic heterocycles. The molecule has 13 heavy (non-hydrogen) atoms. The van der Waals surface area contributed by atoms with E-state index in [1.54, 1.807) is 6.07 Å². The number of carbonyl (C=O) groups excluding carboxylic acids is 1. The summed E-state index contributed by atoms with van der Waals surface area (Å²) >= 11 is 0. The Morgan fingerprint density at radius 2 is 2.15 bits per heavy atom. The van der Waals surface area contributed by atoms with Crippen molar-refractivity contribution < 1.29 is 4.79 Å². The number of rotatable bonds is 6. The van der Waals surface area contributed by atoms with Crippen molar-refractivity contribution in [3.05, 3.63) is 0 Å². The highest BCUT2D eigenvalue weighted by Crippen LogP contribution is 1.89. The summed E-state index contributed by atoms with van der Waals surface area (Å²) in [5.74, 6) is -0.174. The van der Waals surface area contributed by atoms with Crippen LogP contribution in [0.25, 0.3) is 0 Å². The van der Waals surface area contributed by atoms with E-state index in [1.165, 1.54) is 0 Å². The topological polar surface area (TPSA) is 56.1 Å². The molecule has 0 aliphatic rings. The molecule has 4 nitrogen and oxygen atoms in total. The minimum Gasteiger partial charge on any atom is -0.355 e. The lowest BCUT2D eigenvalue weighted by Crippen LogP contribution is -2.24. The molecule has 0 saturated heterocycles. The molecule has 0 aromatic heterocycles. The van der Waals surface area contributed by atoms with E-state index in [4.69, 9.17) is 5.26 Å². The van der Waals surface area contributed by atoms with Crippen LogP contribution in [0.4, 0.5) is 0 Å². The highest BCUT2D eigenvalue weighted by Gasteiger charge is 1.97. The van der Waals surface area contributed by atoms with Crippen molar-refractivity contribution in [2.24, 2.45) is 0 Å². The third-order valence-electron chi connectivity index (χ3n) is 1.59. The van der Waals surface area contributed by atoms with E-state index in [1.807, 2.05) is 14.1 Å². The second-order valence-electron chi connectivity index (χ2n) is 3.20.